The normalized spacial score (nSPS) is 13.4. The number of benzene rings is 2. The van der Waals surface area contributed by atoms with Crippen LogP contribution in [0.3, 0.4) is 0 Å². The molecule has 4 rings (SSSR count). The first-order valence-electron chi connectivity index (χ1n) is 8.52. The zero-order valence-corrected chi connectivity index (χ0v) is 16.3. The van der Waals surface area contributed by atoms with Gasteiger partial charge in [0, 0.05) is 12.2 Å². The average molecular weight is 399 g/mol. The van der Waals surface area contributed by atoms with Crippen LogP contribution in [-0.2, 0) is 16.4 Å². The van der Waals surface area contributed by atoms with Gasteiger partial charge in [-0.05, 0) is 54.6 Å². The monoisotopic (exact) mass is 398 g/mol. The van der Waals surface area contributed by atoms with Crippen molar-refractivity contribution in [2.75, 3.05) is 16.2 Å². The predicted molar refractivity (Wildman–Crippen MR) is 108 cm³/mol. The summed E-state index contributed by atoms with van der Waals surface area (Å²) in [5.74, 6) is -0.0534. The number of anilines is 2. The minimum Gasteiger partial charge on any atom is -0.307 e. The fourth-order valence-electron chi connectivity index (χ4n) is 3.12. The Balaban J connectivity index is 1.62. The van der Waals surface area contributed by atoms with Crippen LogP contribution in [0.15, 0.2) is 64.9 Å². The van der Waals surface area contributed by atoms with Crippen LogP contribution in [0.5, 0.6) is 0 Å². The molecule has 1 aromatic heterocycles. The summed E-state index contributed by atoms with van der Waals surface area (Å²) in [5.41, 5.74) is 3.24. The van der Waals surface area contributed by atoms with Gasteiger partial charge in [-0.3, -0.25) is 9.52 Å². The number of aryl methyl sites for hydroxylation is 1. The van der Waals surface area contributed by atoms with Gasteiger partial charge in [0.05, 0.1) is 15.5 Å². The maximum absolute atomic E-state index is 12.7. The Morgan fingerprint density at radius 3 is 2.59 bits per heavy atom. The molecule has 1 amide bonds. The molecule has 0 unspecified atom stereocenters. The standard InChI is InChI=1S/C20H18N2O3S2/c1-14-4-8-17(9-5-14)27(24,25)21-16-7-6-15-10-11-22(18(15)13-16)20(23)19-3-2-12-26-19/h2-9,12-13,21H,10-11H2,1H3. The van der Waals surface area contributed by atoms with Gasteiger partial charge in [-0.15, -0.1) is 11.3 Å². The quantitative estimate of drug-likeness (QED) is 0.721. The minimum absolute atomic E-state index is 0.0534. The highest BCUT2D eigenvalue weighted by molar-refractivity contribution is 7.92. The number of fused-ring (bicyclic) bond motifs is 1. The molecule has 3 aromatic rings. The summed E-state index contributed by atoms with van der Waals surface area (Å²) in [5, 5.41) is 1.87. The molecule has 0 saturated carbocycles. The highest BCUT2D eigenvalue weighted by Crippen LogP contribution is 2.33. The molecule has 0 spiro atoms. The van der Waals surface area contributed by atoms with Crippen LogP contribution in [-0.4, -0.2) is 20.9 Å². The molecule has 2 heterocycles. The lowest BCUT2D eigenvalue weighted by Crippen LogP contribution is -2.28. The van der Waals surface area contributed by atoms with E-state index in [1.54, 1.807) is 47.4 Å². The summed E-state index contributed by atoms with van der Waals surface area (Å²) < 4.78 is 27.9. The second kappa shape index (κ2) is 6.83. The first kappa shape index (κ1) is 17.8. The van der Waals surface area contributed by atoms with Crippen molar-refractivity contribution in [3.8, 4) is 0 Å². The number of carbonyl (C=O) groups is 1. The Kier molecular flexibility index (Phi) is 4.49. The first-order valence-corrected chi connectivity index (χ1v) is 10.9. The second-order valence-electron chi connectivity index (χ2n) is 6.45. The van der Waals surface area contributed by atoms with Gasteiger partial charge in [0.25, 0.3) is 15.9 Å². The zero-order chi connectivity index (χ0) is 19.0. The Bertz CT molecular complexity index is 1090. The zero-order valence-electron chi connectivity index (χ0n) is 14.7. The van der Waals surface area contributed by atoms with Crippen molar-refractivity contribution >= 4 is 38.6 Å². The predicted octanol–water partition coefficient (Wildman–Crippen LogP) is 4.06. The maximum Gasteiger partial charge on any atom is 0.268 e. The summed E-state index contributed by atoms with van der Waals surface area (Å²) in [4.78, 5) is 15.3. The first-order chi connectivity index (χ1) is 12.9. The molecule has 2 aromatic carbocycles. The van der Waals surface area contributed by atoms with Crippen LogP contribution in [0.25, 0.3) is 0 Å². The van der Waals surface area contributed by atoms with E-state index < -0.39 is 10.0 Å². The van der Waals surface area contributed by atoms with E-state index in [4.69, 9.17) is 0 Å². The molecule has 27 heavy (non-hydrogen) atoms. The topological polar surface area (TPSA) is 66.5 Å². The van der Waals surface area contributed by atoms with Crippen molar-refractivity contribution in [2.24, 2.45) is 0 Å². The molecular formula is C20H18N2O3S2. The summed E-state index contributed by atoms with van der Waals surface area (Å²) in [7, 11) is -3.68. The van der Waals surface area contributed by atoms with Crippen molar-refractivity contribution in [1.82, 2.24) is 0 Å². The lowest BCUT2D eigenvalue weighted by Gasteiger charge is -2.17. The number of nitrogens with zero attached hydrogens (tertiary/aromatic N) is 1. The number of hydrogen-bond donors (Lipinski definition) is 1. The molecule has 1 N–H and O–H groups in total. The largest absolute Gasteiger partial charge is 0.307 e. The highest BCUT2D eigenvalue weighted by Gasteiger charge is 2.27. The molecule has 0 atom stereocenters. The van der Waals surface area contributed by atoms with Crippen LogP contribution in [0.4, 0.5) is 11.4 Å². The Morgan fingerprint density at radius 1 is 1.11 bits per heavy atom. The lowest BCUT2D eigenvalue weighted by atomic mass is 10.1. The van der Waals surface area contributed by atoms with E-state index in [2.05, 4.69) is 4.72 Å². The van der Waals surface area contributed by atoms with Gasteiger partial charge in [0.15, 0.2) is 0 Å². The molecular weight excluding hydrogens is 380 g/mol. The summed E-state index contributed by atoms with van der Waals surface area (Å²) >= 11 is 1.40. The summed E-state index contributed by atoms with van der Waals surface area (Å²) in [6.45, 7) is 2.50. The Labute approximate surface area is 162 Å². The van der Waals surface area contributed by atoms with E-state index >= 15 is 0 Å². The molecule has 0 radical (unpaired) electrons. The van der Waals surface area contributed by atoms with Crippen molar-refractivity contribution in [3.05, 3.63) is 76.0 Å². The lowest BCUT2D eigenvalue weighted by molar-refractivity contribution is 0.0993. The van der Waals surface area contributed by atoms with Gasteiger partial charge in [0.1, 0.15) is 0 Å². The summed E-state index contributed by atoms with van der Waals surface area (Å²) in [6.07, 6.45) is 0.761. The third-order valence-corrected chi connectivity index (χ3v) is 6.80. The van der Waals surface area contributed by atoms with Crippen LogP contribution >= 0.6 is 11.3 Å². The van der Waals surface area contributed by atoms with Crippen LogP contribution in [0.1, 0.15) is 20.8 Å². The van der Waals surface area contributed by atoms with E-state index in [0.717, 1.165) is 23.2 Å². The molecule has 1 aliphatic heterocycles. The smallest absolute Gasteiger partial charge is 0.268 e. The third-order valence-electron chi connectivity index (χ3n) is 4.54. The molecule has 7 heteroatoms. The minimum atomic E-state index is -3.68. The van der Waals surface area contributed by atoms with Gasteiger partial charge in [0.2, 0.25) is 0 Å². The molecule has 0 bridgehead atoms. The number of rotatable bonds is 4. The van der Waals surface area contributed by atoms with E-state index in [1.807, 2.05) is 24.4 Å². The van der Waals surface area contributed by atoms with E-state index in [1.165, 1.54) is 11.3 Å². The number of sulfonamides is 1. The molecule has 0 saturated heterocycles. The van der Waals surface area contributed by atoms with Gasteiger partial charge in [-0.2, -0.15) is 0 Å². The summed E-state index contributed by atoms with van der Waals surface area (Å²) in [6, 6.07) is 15.7. The van der Waals surface area contributed by atoms with E-state index in [9.17, 15) is 13.2 Å². The van der Waals surface area contributed by atoms with Crippen molar-refractivity contribution in [3.63, 3.8) is 0 Å². The molecule has 1 aliphatic rings. The maximum atomic E-state index is 12.7. The van der Waals surface area contributed by atoms with Crippen LogP contribution in [0.2, 0.25) is 0 Å². The van der Waals surface area contributed by atoms with E-state index in [0.29, 0.717) is 17.1 Å². The fraction of sp³-hybridized carbons (Fsp3) is 0.150. The third kappa shape index (κ3) is 3.48. The number of thiophene rings is 1. The van der Waals surface area contributed by atoms with Gasteiger partial charge in [-0.25, -0.2) is 8.42 Å². The van der Waals surface area contributed by atoms with Crippen LogP contribution < -0.4 is 9.62 Å². The fourth-order valence-corrected chi connectivity index (χ4v) is 4.84. The van der Waals surface area contributed by atoms with Gasteiger partial charge < -0.3 is 4.90 Å². The average Bonchev–Trinajstić information content (AvgIpc) is 3.31. The Hall–Kier alpha value is -2.64. The molecule has 0 fully saturated rings. The van der Waals surface area contributed by atoms with Crippen molar-refractivity contribution < 1.29 is 13.2 Å². The number of hydrogen-bond acceptors (Lipinski definition) is 4. The molecule has 5 nitrogen and oxygen atoms in total. The SMILES string of the molecule is Cc1ccc(S(=O)(=O)Nc2ccc3c(c2)N(C(=O)c2cccs2)CC3)cc1. The molecule has 138 valence electrons. The van der Waals surface area contributed by atoms with E-state index in [-0.39, 0.29) is 10.8 Å². The Morgan fingerprint density at radius 2 is 1.89 bits per heavy atom. The number of amides is 1. The van der Waals surface area contributed by atoms with Crippen molar-refractivity contribution in [2.45, 2.75) is 18.2 Å². The number of nitrogens with one attached hydrogen (secondary N) is 1. The second-order valence-corrected chi connectivity index (χ2v) is 9.08. The van der Waals surface area contributed by atoms with Gasteiger partial charge in [-0.1, -0.05) is 29.8 Å². The van der Waals surface area contributed by atoms with Crippen molar-refractivity contribution in [1.29, 1.82) is 0 Å². The van der Waals surface area contributed by atoms with Crippen LogP contribution in [0, 0.1) is 6.92 Å². The highest BCUT2D eigenvalue weighted by atomic mass is 32.2. The van der Waals surface area contributed by atoms with Gasteiger partial charge >= 0.3 is 0 Å². The molecule has 0 aliphatic carbocycles. The number of carbonyl (C=O) groups excluding carboxylic acids is 1.